The minimum Gasteiger partial charge on any atom is -0.348 e. The molecule has 3 heteroatoms. The van der Waals surface area contributed by atoms with E-state index in [0.29, 0.717) is 19.1 Å². The van der Waals surface area contributed by atoms with Crippen molar-refractivity contribution in [2.45, 2.75) is 84.3 Å². The average Bonchev–Trinajstić information content (AvgIpc) is 3.07. The second-order valence-corrected chi connectivity index (χ2v) is 7.56. The topological polar surface area (TPSA) is 18.5 Å². The van der Waals surface area contributed by atoms with Gasteiger partial charge in [-0.2, -0.15) is 0 Å². The Labute approximate surface area is 153 Å². The molecule has 0 radical (unpaired) electrons. The van der Waals surface area contributed by atoms with Crippen LogP contribution in [0.4, 0.5) is 4.39 Å². The largest absolute Gasteiger partial charge is 0.348 e. The maximum Gasteiger partial charge on any atom is 0.168 e. The van der Waals surface area contributed by atoms with Crippen LogP contribution in [0.3, 0.4) is 0 Å². The molecule has 0 bridgehead atoms. The number of benzene rings is 1. The van der Waals surface area contributed by atoms with E-state index in [1.807, 2.05) is 26.8 Å². The van der Waals surface area contributed by atoms with Gasteiger partial charge in [-0.15, -0.1) is 0 Å². The number of ether oxygens (including phenoxy) is 2. The molecule has 2 aliphatic rings. The molecule has 1 atom stereocenters. The average molecular weight is 351 g/mol. The van der Waals surface area contributed by atoms with Gasteiger partial charge in [0.15, 0.2) is 5.79 Å². The van der Waals surface area contributed by atoms with Gasteiger partial charge in [0, 0.05) is 12.8 Å². The third-order valence-corrected chi connectivity index (χ3v) is 5.98. The molecule has 2 nitrogen and oxygen atoms in total. The zero-order valence-corrected chi connectivity index (χ0v) is 16.7. The Morgan fingerprint density at radius 2 is 1.68 bits per heavy atom. The number of aryl methyl sites for hydroxylation is 1. The van der Waals surface area contributed by atoms with Gasteiger partial charge in [0.2, 0.25) is 0 Å². The van der Waals surface area contributed by atoms with Gasteiger partial charge >= 0.3 is 0 Å². The molecular weight excluding hydrogens is 315 g/mol. The molecular formula is C22H35FO2. The fraction of sp³-hybridized carbons (Fsp3) is 0.727. The van der Waals surface area contributed by atoms with E-state index in [1.54, 1.807) is 12.1 Å². The number of rotatable bonds is 4. The molecule has 2 fully saturated rings. The predicted molar refractivity (Wildman–Crippen MR) is 101 cm³/mol. The van der Waals surface area contributed by atoms with Crippen LogP contribution < -0.4 is 0 Å². The van der Waals surface area contributed by atoms with E-state index in [-0.39, 0.29) is 17.0 Å². The first-order valence-electron chi connectivity index (χ1n) is 10.0. The summed E-state index contributed by atoms with van der Waals surface area (Å²) in [7, 11) is 0. The smallest absolute Gasteiger partial charge is 0.168 e. The molecule has 1 aromatic carbocycles. The van der Waals surface area contributed by atoms with Crippen molar-refractivity contribution in [1.82, 2.24) is 0 Å². The van der Waals surface area contributed by atoms with Crippen LogP contribution in [-0.4, -0.2) is 19.0 Å². The SMILES string of the molecule is CC.CCC(C)CC1(c2ccc(F)cc2C)CCC2(CC1)OCCO2. The van der Waals surface area contributed by atoms with Crippen molar-refractivity contribution in [2.24, 2.45) is 5.92 Å². The second kappa shape index (κ2) is 8.64. The maximum absolute atomic E-state index is 13.6. The third-order valence-electron chi connectivity index (χ3n) is 5.98. The van der Waals surface area contributed by atoms with Crippen molar-refractivity contribution < 1.29 is 13.9 Å². The summed E-state index contributed by atoms with van der Waals surface area (Å²) < 4.78 is 25.4. The lowest BCUT2D eigenvalue weighted by Gasteiger charge is -2.46. The summed E-state index contributed by atoms with van der Waals surface area (Å²) in [6.07, 6.45) is 6.35. The summed E-state index contributed by atoms with van der Waals surface area (Å²) in [4.78, 5) is 0. The summed E-state index contributed by atoms with van der Waals surface area (Å²) in [5, 5.41) is 0. The van der Waals surface area contributed by atoms with E-state index in [2.05, 4.69) is 13.8 Å². The van der Waals surface area contributed by atoms with Crippen LogP contribution in [0.15, 0.2) is 18.2 Å². The van der Waals surface area contributed by atoms with Crippen LogP contribution >= 0.6 is 0 Å². The molecule has 3 rings (SSSR count). The minimum atomic E-state index is -0.340. The fourth-order valence-electron chi connectivity index (χ4n) is 4.51. The zero-order valence-electron chi connectivity index (χ0n) is 16.7. The standard InChI is InChI=1S/C20H29FO2.C2H6/c1-4-15(2)14-19(18-6-5-17(21)13-16(18)3)7-9-20(10-8-19)22-11-12-23-20;1-2/h5-6,13,15H,4,7-12,14H2,1-3H3;1-2H3. The van der Waals surface area contributed by atoms with Gasteiger partial charge in [0.05, 0.1) is 13.2 Å². The lowest BCUT2D eigenvalue weighted by atomic mass is 9.63. The second-order valence-electron chi connectivity index (χ2n) is 7.56. The van der Waals surface area contributed by atoms with Gasteiger partial charge in [-0.05, 0) is 60.8 Å². The molecule has 1 saturated carbocycles. The monoisotopic (exact) mass is 350 g/mol. The third kappa shape index (κ3) is 4.43. The van der Waals surface area contributed by atoms with Gasteiger partial charge in [-0.3, -0.25) is 0 Å². The molecule has 1 saturated heterocycles. The van der Waals surface area contributed by atoms with Crippen LogP contribution in [-0.2, 0) is 14.9 Å². The predicted octanol–water partition coefficient (Wildman–Crippen LogP) is 6.15. The molecule has 1 aliphatic heterocycles. The molecule has 0 aromatic heterocycles. The van der Waals surface area contributed by atoms with Crippen LogP contribution in [0, 0.1) is 18.7 Å². The van der Waals surface area contributed by atoms with E-state index in [0.717, 1.165) is 37.7 Å². The van der Waals surface area contributed by atoms with Gasteiger partial charge in [0.1, 0.15) is 5.82 Å². The molecule has 1 aromatic rings. The summed E-state index contributed by atoms with van der Waals surface area (Å²) in [5.74, 6) is 0.186. The molecule has 1 spiro atoms. The Morgan fingerprint density at radius 1 is 1.08 bits per heavy atom. The van der Waals surface area contributed by atoms with Crippen LogP contribution in [0.2, 0.25) is 0 Å². The van der Waals surface area contributed by atoms with Crippen molar-refractivity contribution in [1.29, 1.82) is 0 Å². The first kappa shape index (κ1) is 20.4. The molecule has 1 aliphatic carbocycles. The quantitative estimate of drug-likeness (QED) is 0.648. The number of halogens is 1. The highest BCUT2D eigenvalue weighted by atomic mass is 19.1. The summed E-state index contributed by atoms with van der Waals surface area (Å²) >= 11 is 0. The Bertz CT molecular complexity index is 539. The Hall–Kier alpha value is -0.930. The van der Waals surface area contributed by atoms with Gasteiger partial charge in [0.25, 0.3) is 0 Å². The summed E-state index contributed by atoms with van der Waals surface area (Å²) in [6.45, 7) is 12.1. The highest BCUT2D eigenvalue weighted by Gasteiger charge is 2.47. The highest BCUT2D eigenvalue weighted by Crippen LogP contribution is 2.50. The molecule has 142 valence electrons. The first-order chi connectivity index (χ1) is 12.0. The lowest BCUT2D eigenvalue weighted by Crippen LogP contribution is -2.43. The lowest BCUT2D eigenvalue weighted by molar-refractivity contribution is -0.186. The number of hydrogen-bond acceptors (Lipinski definition) is 2. The first-order valence-corrected chi connectivity index (χ1v) is 10.0. The van der Waals surface area contributed by atoms with Crippen LogP contribution in [0.25, 0.3) is 0 Å². The van der Waals surface area contributed by atoms with Crippen molar-refractivity contribution >= 4 is 0 Å². The van der Waals surface area contributed by atoms with Crippen LogP contribution in [0.1, 0.15) is 77.3 Å². The van der Waals surface area contributed by atoms with Gasteiger partial charge in [-0.25, -0.2) is 4.39 Å². The van der Waals surface area contributed by atoms with E-state index >= 15 is 0 Å². The van der Waals surface area contributed by atoms with E-state index < -0.39 is 0 Å². The summed E-state index contributed by atoms with van der Waals surface area (Å²) in [5.41, 5.74) is 2.54. The van der Waals surface area contributed by atoms with Crippen molar-refractivity contribution in [3.05, 3.63) is 35.1 Å². The Balaban J connectivity index is 0.00000109. The van der Waals surface area contributed by atoms with E-state index in [9.17, 15) is 4.39 Å². The van der Waals surface area contributed by atoms with Crippen LogP contribution in [0.5, 0.6) is 0 Å². The molecule has 1 unspecified atom stereocenters. The fourth-order valence-corrected chi connectivity index (χ4v) is 4.51. The summed E-state index contributed by atoms with van der Waals surface area (Å²) in [6, 6.07) is 5.32. The molecule has 1 heterocycles. The molecule has 0 amide bonds. The van der Waals surface area contributed by atoms with Gasteiger partial charge < -0.3 is 9.47 Å². The van der Waals surface area contributed by atoms with E-state index in [4.69, 9.17) is 9.47 Å². The Morgan fingerprint density at radius 3 is 2.20 bits per heavy atom. The van der Waals surface area contributed by atoms with E-state index in [1.165, 1.54) is 12.0 Å². The highest BCUT2D eigenvalue weighted by molar-refractivity contribution is 5.35. The molecule has 0 N–H and O–H groups in total. The van der Waals surface area contributed by atoms with Gasteiger partial charge in [-0.1, -0.05) is 40.2 Å². The Kier molecular flexibility index (Phi) is 7.04. The van der Waals surface area contributed by atoms with Crippen molar-refractivity contribution in [3.63, 3.8) is 0 Å². The normalized spacial score (nSPS) is 22.3. The van der Waals surface area contributed by atoms with Crippen molar-refractivity contribution in [2.75, 3.05) is 13.2 Å². The molecule has 25 heavy (non-hydrogen) atoms. The zero-order chi connectivity index (χ0) is 18.5. The minimum absolute atomic E-state index is 0.133. The number of hydrogen-bond donors (Lipinski definition) is 0. The van der Waals surface area contributed by atoms with Crippen molar-refractivity contribution in [3.8, 4) is 0 Å². The maximum atomic E-state index is 13.6.